The van der Waals surface area contributed by atoms with E-state index in [1.165, 1.54) is 0 Å². The van der Waals surface area contributed by atoms with Crippen LogP contribution in [0.15, 0.2) is 12.2 Å². The quantitative estimate of drug-likeness (QED) is 0.275. The number of amides is 3. The fourth-order valence-electron chi connectivity index (χ4n) is 4.12. The lowest BCUT2D eigenvalue weighted by molar-refractivity contribution is -0.137. The number of rotatable bonds is 13. The predicted molar refractivity (Wildman–Crippen MR) is 109 cm³/mol. The molecule has 0 spiro atoms. The summed E-state index contributed by atoms with van der Waals surface area (Å²) in [7, 11) is 0. The predicted octanol–water partition coefficient (Wildman–Crippen LogP) is 2.20. The molecule has 2 aliphatic heterocycles. The fraction of sp³-hybridized carbons (Fsp3) is 0.762. The highest BCUT2D eigenvalue weighted by Gasteiger charge is 2.47. The van der Waals surface area contributed by atoms with E-state index in [0.717, 1.165) is 38.5 Å². The molecule has 8 nitrogen and oxygen atoms in total. The first kappa shape index (κ1) is 23.2. The van der Waals surface area contributed by atoms with E-state index in [2.05, 4.69) is 29.0 Å². The number of carbonyl (C=O) groups excluding carboxylic acids is 2. The Morgan fingerprint density at radius 1 is 1.03 bits per heavy atom. The normalized spacial score (nSPS) is 25.3. The van der Waals surface area contributed by atoms with Crippen LogP contribution in [0.4, 0.5) is 4.79 Å². The third-order valence-electron chi connectivity index (χ3n) is 5.69. The highest BCUT2D eigenvalue weighted by molar-refractivity contribution is 5.83. The molecule has 2 bridgehead atoms. The lowest BCUT2D eigenvalue weighted by Gasteiger charge is -2.27. The Morgan fingerprint density at radius 2 is 1.79 bits per heavy atom. The second kappa shape index (κ2) is 12.5. The Balaban J connectivity index is 1.68. The maximum absolute atomic E-state index is 12.1. The molecule has 0 aromatic carbocycles. The summed E-state index contributed by atoms with van der Waals surface area (Å²) < 4.78 is 6.05. The molecule has 2 rings (SSSR count). The van der Waals surface area contributed by atoms with Gasteiger partial charge in [0.05, 0.1) is 18.8 Å². The fourth-order valence-corrected chi connectivity index (χ4v) is 4.12. The lowest BCUT2D eigenvalue weighted by atomic mass is 9.77. The van der Waals surface area contributed by atoms with Gasteiger partial charge in [-0.1, -0.05) is 25.5 Å². The minimum Gasteiger partial charge on any atom is -0.481 e. The van der Waals surface area contributed by atoms with Crippen molar-refractivity contribution in [3.05, 3.63) is 12.2 Å². The molecular formula is C21H35N3O5. The molecule has 0 radical (unpaired) electrons. The van der Waals surface area contributed by atoms with E-state index < -0.39 is 5.97 Å². The number of carboxylic acids is 1. The first-order valence-corrected chi connectivity index (χ1v) is 10.8. The zero-order valence-electron chi connectivity index (χ0n) is 17.3. The molecule has 0 saturated carbocycles. The van der Waals surface area contributed by atoms with Crippen LogP contribution in [-0.2, 0) is 14.3 Å². The monoisotopic (exact) mass is 409 g/mol. The van der Waals surface area contributed by atoms with Crippen molar-refractivity contribution in [1.82, 2.24) is 16.0 Å². The molecule has 0 aromatic heterocycles. The van der Waals surface area contributed by atoms with E-state index in [0.29, 0.717) is 25.4 Å². The molecule has 2 aliphatic rings. The largest absolute Gasteiger partial charge is 0.481 e. The van der Waals surface area contributed by atoms with E-state index in [1.807, 2.05) is 6.08 Å². The molecule has 4 N–H and O–H groups in total. The maximum atomic E-state index is 12.1. The minimum atomic E-state index is -0.761. The molecule has 2 fully saturated rings. The Kier molecular flexibility index (Phi) is 9.97. The Hall–Kier alpha value is -2.09. The maximum Gasteiger partial charge on any atom is 0.315 e. The third-order valence-corrected chi connectivity index (χ3v) is 5.69. The van der Waals surface area contributed by atoms with Gasteiger partial charge in [0.2, 0.25) is 5.91 Å². The van der Waals surface area contributed by atoms with E-state index in [1.54, 1.807) is 0 Å². The average molecular weight is 410 g/mol. The molecule has 2 heterocycles. The molecule has 29 heavy (non-hydrogen) atoms. The van der Waals surface area contributed by atoms with Crippen LogP contribution in [0.25, 0.3) is 0 Å². The van der Waals surface area contributed by atoms with Crippen LogP contribution in [0, 0.1) is 11.8 Å². The van der Waals surface area contributed by atoms with Crippen molar-refractivity contribution >= 4 is 17.9 Å². The number of aliphatic carboxylic acids is 1. The number of carbonyl (C=O) groups is 3. The van der Waals surface area contributed by atoms with Crippen LogP contribution in [-0.4, -0.2) is 54.9 Å². The summed E-state index contributed by atoms with van der Waals surface area (Å²) in [5.41, 5.74) is 0. The lowest BCUT2D eigenvalue weighted by Crippen LogP contribution is -2.44. The van der Waals surface area contributed by atoms with Crippen molar-refractivity contribution in [2.75, 3.05) is 19.6 Å². The number of urea groups is 1. The molecule has 0 aliphatic carbocycles. The number of allylic oxidation sites excluding steroid dienone is 2. The van der Waals surface area contributed by atoms with Crippen molar-refractivity contribution in [1.29, 1.82) is 0 Å². The molecule has 3 amide bonds. The zero-order chi connectivity index (χ0) is 21.1. The summed E-state index contributed by atoms with van der Waals surface area (Å²) in [4.78, 5) is 34.2. The van der Waals surface area contributed by atoms with Crippen LogP contribution >= 0.6 is 0 Å². The van der Waals surface area contributed by atoms with Gasteiger partial charge in [-0.3, -0.25) is 9.59 Å². The standard InChI is InChI=1S/C21H35N3O5/c1-2-3-12-22-21(28)24-14-19(25)23-13-16-15(17-10-11-18(16)29-17)8-6-4-5-7-9-20(26)27/h4,6,15-18H,2-3,5,7-14H2,1H3,(H,23,25)(H,26,27)(H2,22,24,28)/t15-,16+,17-,18+/m1/s1. The molecule has 4 atom stereocenters. The van der Waals surface area contributed by atoms with Gasteiger partial charge in [0, 0.05) is 25.4 Å². The summed E-state index contributed by atoms with van der Waals surface area (Å²) >= 11 is 0. The van der Waals surface area contributed by atoms with E-state index in [-0.39, 0.29) is 43.0 Å². The van der Waals surface area contributed by atoms with Gasteiger partial charge in [0.1, 0.15) is 0 Å². The highest BCUT2D eigenvalue weighted by Crippen LogP contribution is 2.44. The van der Waals surface area contributed by atoms with Crippen molar-refractivity contribution in [2.24, 2.45) is 11.8 Å². The van der Waals surface area contributed by atoms with Crippen LogP contribution in [0.3, 0.4) is 0 Å². The van der Waals surface area contributed by atoms with Gasteiger partial charge in [-0.05, 0) is 44.4 Å². The summed E-state index contributed by atoms with van der Waals surface area (Å²) in [5.74, 6) is -0.306. The Labute approximate surface area is 172 Å². The molecule has 8 heteroatoms. The summed E-state index contributed by atoms with van der Waals surface area (Å²) in [5, 5.41) is 16.9. The number of nitrogens with one attached hydrogen (secondary N) is 3. The van der Waals surface area contributed by atoms with Crippen LogP contribution in [0.1, 0.15) is 58.3 Å². The van der Waals surface area contributed by atoms with Gasteiger partial charge in [-0.2, -0.15) is 0 Å². The SMILES string of the molecule is CCCCNC(=O)NCC(=O)NC[C@H]1[C@@H](CC=CCCCC(=O)O)[C@H]2CC[C@@H]1O2. The zero-order valence-corrected chi connectivity index (χ0v) is 17.3. The number of ether oxygens (including phenoxy) is 1. The minimum absolute atomic E-state index is 0.0340. The Morgan fingerprint density at radius 3 is 2.52 bits per heavy atom. The first-order valence-electron chi connectivity index (χ1n) is 10.8. The van der Waals surface area contributed by atoms with Gasteiger partial charge >= 0.3 is 12.0 Å². The van der Waals surface area contributed by atoms with Gasteiger partial charge in [0.25, 0.3) is 0 Å². The topological polar surface area (TPSA) is 117 Å². The number of fused-ring (bicyclic) bond motifs is 2. The molecular weight excluding hydrogens is 374 g/mol. The molecule has 0 aromatic rings. The summed E-state index contributed by atoms with van der Waals surface area (Å²) in [6, 6.07) is -0.317. The number of hydrogen-bond acceptors (Lipinski definition) is 4. The number of hydrogen-bond donors (Lipinski definition) is 4. The van der Waals surface area contributed by atoms with Crippen LogP contribution in [0.2, 0.25) is 0 Å². The summed E-state index contributed by atoms with van der Waals surface area (Å²) in [6.45, 7) is 3.18. The van der Waals surface area contributed by atoms with E-state index >= 15 is 0 Å². The number of unbranched alkanes of at least 4 members (excludes halogenated alkanes) is 2. The van der Waals surface area contributed by atoms with E-state index in [9.17, 15) is 14.4 Å². The van der Waals surface area contributed by atoms with Crippen molar-refractivity contribution in [3.63, 3.8) is 0 Å². The Bertz CT molecular complexity index is 581. The molecule has 164 valence electrons. The highest BCUT2D eigenvalue weighted by atomic mass is 16.5. The molecule has 2 saturated heterocycles. The van der Waals surface area contributed by atoms with Gasteiger partial charge < -0.3 is 25.8 Å². The van der Waals surface area contributed by atoms with Crippen molar-refractivity contribution in [3.8, 4) is 0 Å². The van der Waals surface area contributed by atoms with Crippen molar-refractivity contribution in [2.45, 2.75) is 70.5 Å². The third kappa shape index (κ3) is 8.04. The van der Waals surface area contributed by atoms with Crippen LogP contribution in [0.5, 0.6) is 0 Å². The van der Waals surface area contributed by atoms with Crippen molar-refractivity contribution < 1.29 is 24.2 Å². The smallest absolute Gasteiger partial charge is 0.315 e. The second-order valence-corrected chi connectivity index (χ2v) is 7.88. The first-order chi connectivity index (χ1) is 14.0. The van der Waals surface area contributed by atoms with Gasteiger partial charge in [-0.25, -0.2) is 4.79 Å². The van der Waals surface area contributed by atoms with Crippen LogP contribution < -0.4 is 16.0 Å². The second-order valence-electron chi connectivity index (χ2n) is 7.88. The number of carboxylic acid groups (broad SMARTS) is 1. The summed E-state index contributed by atoms with van der Waals surface area (Å²) in [6.07, 6.45) is 11.1. The average Bonchev–Trinajstić information content (AvgIpc) is 3.29. The van der Waals surface area contributed by atoms with Gasteiger partial charge in [0.15, 0.2) is 0 Å². The molecule has 0 unspecified atom stereocenters. The van der Waals surface area contributed by atoms with Gasteiger partial charge in [-0.15, -0.1) is 0 Å². The van der Waals surface area contributed by atoms with E-state index in [4.69, 9.17) is 9.84 Å².